The number of nitrogens with zero attached hydrogens (tertiary/aromatic N) is 1. The van der Waals surface area contributed by atoms with E-state index in [9.17, 15) is 4.79 Å². The molecule has 1 heterocycles. The number of amides is 2. The minimum Gasteiger partial charge on any atom is -0.338 e. The van der Waals surface area contributed by atoms with Gasteiger partial charge in [0.2, 0.25) is 0 Å². The fourth-order valence-electron chi connectivity index (χ4n) is 2.20. The fourth-order valence-corrected chi connectivity index (χ4v) is 2.20. The second-order valence-electron chi connectivity index (χ2n) is 4.71. The van der Waals surface area contributed by atoms with Crippen LogP contribution in [0.15, 0.2) is 30.3 Å². The van der Waals surface area contributed by atoms with Crippen molar-refractivity contribution in [1.29, 1.82) is 0 Å². The quantitative estimate of drug-likeness (QED) is 0.844. The summed E-state index contributed by atoms with van der Waals surface area (Å²) in [5, 5.41) is 6.27. The number of hydrogen-bond acceptors (Lipinski definition) is 2. The summed E-state index contributed by atoms with van der Waals surface area (Å²) < 4.78 is 0. The largest absolute Gasteiger partial charge is 0.338 e. The van der Waals surface area contributed by atoms with Crippen LogP contribution in [0.5, 0.6) is 0 Å². The van der Waals surface area contributed by atoms with Crippen molar-refractivity contribution in [3.8, 4) is 0 Å². The molecular formula is C14H21N3O. The minimum absolute atomic E-state index is 0.0555. The van der Waals surface area contributed by atoms with Gasteiger partial charge in [-0.15, -0.1) is 0 Å². The number of nitrogens with one attached hydrogen (secondary N) is 2. The molecule has 1 saturated heterocycles. The lowest BCUT2D eigenvalue weighted by Crippen LogP contribution is -2.55. The van der Waals surface area contributed by atoms with E-state index in [1.165, 1.54) is 5.56 Å². The first-order valence-corrected chi connectivity index (χ1v) is 6.56. The van der Waals surface area contributed by atoms with Gasteiger partial charge < -0.3 is 15.5 Å². The van der Waals surface area contributed by atoms with Crippen molar-refractivity contribution in [2.75, 3.05) is 26.2 Å². The molecule has 2 amide bonds. The van der Waals surface area contributed by atoms with Crippen LogP contribution in [-0.4, -0.2) is 43.2 Å². The van der Waals surface area contributed by atoms with Gasteiger partial charge in [0.05, 0.1) is 0 Å². The first kappa shape index (κ1) is 12.9. The van der Waals surface area contributed by atoms with E-state index >= 15 is 0 Å². The minimum atomic E-state index is 0.0555. The fraction of sp³-hybridized carbons (Fsp3) is 0.500. The van der Waals surface area contributed by atoms with Crippen LogP contribution in [0.2, 0.25) is 0 Å². The third kappa shape index (κ3) is 3.47. The maximum atomic E-state index is 12.0. The Kier molecular flexibility index (Phi) is 4.59. The average Bonchev–Trinajstić information content (AvgIpc) is 2.40. The van der Waals surface area contributed by atoms with E-state index in [1.54, 1.807) is 0 Å². The molecule has 0 aliphatic carbocycles. The van der Waals surface area contributed by atoms with Crippen LogP contribution in [0.25, 0.3) is 0 Å². The zero-order chi connectivity index (χ0) is 12.8. The van der Waals surface area contributed by atoms with Crippen molar-refractivity contribution in [2.45, 2.75) is 19.4 Å². The molecule has 0 unspecified atom stereocenters. The highest BCUT2D eigenvalue weighted by atomic mass is 16.2. The summed E-state index contributed by atoms with van der Waals surface area (Å²) in [6.07, 6.45) is 0.882. The van der Waals surface area contributed by atoms with Gasteiger partial charge in [-0.2, -0.15) is 0 Å². The molecule has 1 aromatic rings. The molecule has 1 atom stereocenters. The van der Waals surface area contributed by atoms with Crippen LogP contribution in [0.3, 0.4) is 0 Å². The summed E-state index contributed by atoms with van der Waals surface area (Å²) in [5.74, 6) is 0. The van der Waals surface area contributed by atoms with E-state index in [0.717, 1.165) is 26.1 Å². The summed E-state index contributed by atoms with van der Waals surface area (Å²) in [5.41, 5.74) is 1.26. The first-order chi connectivity index (χ1) is 8.77. The SMILES string of the molecule is C[C@@H]1CNCCN1C(=O)NCCc1ccccc1. The summed E-state index contributed by atoms with van der Waals surface area (Å²) >= 11 is 0. The smallest absolute Gasteiger partial charge is 0.317 e. The second kappa shape index (κ2) is 6.40. The van der Waals surface area contributed by atoms with Crippen LogP contribution in [-0.2, 0) is 6.42 Å². The van der Waals surface area contributed by atoms with E-state index < -0.39 is 0 Å². The molecule has 0 saturated carbocycles. The Morgan fingerprint density at radius 3 is 2.94 bits per heavy atom. The van der Waals surface area contributed by atoms with Crippen LogP contribution in [0.4, 0.5) is 4.79 Å². The lowest BCUT2D eigenvalue weighted by Gasteiger charge is -2.33. The molecule has 2 rings (SSSR count). The lowest BCUT2D eigenvalue weighted by atomic mass is 10.1. The number of urea groups is 1. The van der Waals surface area contributed by atoms with Gasteiger partial charge >= 0.3 is 6.03 Å². The topological polar surface area (TPSA) is 44.4 Å². The van der Waals surface area contributed by atoms with Crippen molar-refractivity contribution in [3.05, 3.63) is 35.9 Å². The van der Waals surface area contributed by atoms with Crippen LogP contribution in [0, 0.1) is 0 Å². The molecule has 0 bridgehead atoms. The zero-order valence-electron chi connectivity index (χ0n) is 10.9. The standard InChI is InChI=1S/C14H21N3O/c1-12-11-15-9-10-17(12)14(18)16-8-7-13-5-3-2-4-6-13/h2-6,12,15H,7-11H2,1H3,(H,16,18)/t12-/m1/s1. The van der Waals surface area contributed by atoms with Gasteiger partial charge in [0.15, 0.2) is 0 Å². The number of carbonyl (C=O) groups is 1. The van der Waals surface area contributed by atoms with Crippen LogP contribution < -0.4 is 10.6 Å². The number of rotatable bonds is 3. The highest BCUT2D eigenvalue weighted by Gasteiger charge is 2.22. The third-order valence-electron chi connectivity index (χ3n) is 3.29. The van der Waals surface area contributed by atoms with Crippen molar-refractivity contribution >= 4 is 6.03 Å². The van der Waals surface area contributed by atoms with Gasteiger partial charge in [0.1, 0.15) is 0 Å². The molecule has 1 aliphatic heterocycles. The van der Waals surface area contributed by atoms with Gasteiger partial charge in [0.25, 0.3) is 0 Å². The first-order valence-electron chi connectivity index (χ1n) is 6.56. The van der Waals surface area contributed by atoms with Crippen LogP contribution in [0.1, 0.15) is 12.5 Å². The molecule has 2 N–H and O–H groups in total. The molecule has 98 valence electrons. The van der Waals surface area contributed by atoms with Gasteiger partial charge in [-0.3, -0.25) is 0 Å². The summed E-state index contributed by atoms with van der Waals surface area (Å²) in [6, 6.07) is 10.5. The molecular weight excluding hydrogens is 226 g/mol. The number of carbonyl (C=O) groups excluding carboxylic acids is 1. The zero-order valence-corrected chi connectivity index (χ0v) is 10.9. The highest BCUT2D eigenvalue weighted by Crippen LogP contribution is 2.03. The highest BCUT2D eigenvalue weighted by molar-refractivity contribution is 5.74. The van der Waals surface area contributed by atoms with Gasteiger partial charge in [-0.05, 0) is 18.9 Å². The van der Waals surface area contributed by atoms with E-state index in [4.69, 9.17) is 0 Å². The predicted octanol–water partition coefficient (Wildman–Crippen LogP) is 1.23. The normalized spacial score (nSPS) is 19.6. The Morgan fingerprint density at radius 1 is 1.44 bits per heavy atom. The third-order valence-corrected chi connectivity index (χ3v) is 3.29. The van der Waals surface area contributed by atoms with Crippen LogP contribution >= 0.6 is 0 Å². The Labute approximate surface area is 108 Å². The molecule has 0 radical (unpaired) electrons. The maximum absolute atomic E-state index is 12.0. The Hall–Kier alpha value is -1.55. The molecule has 1 aliphatic rings. The van der Waals surface area contributed by atoms with Gasteiger partial charge in [0, 0.05) is 32.2 Å². The van der Waals surface area contributed by atoms with Crippen molar-refractivity contribution < 1.29 is 4.79 Å². The van der Waals surface area contributed by atoms with Crippen molar-refractivity contribution in [1.82, 2.24) is 15.5 Å². The van der Waals surface area contributed by atoms with Crippen molar-refractivity contribution in [2.24, 2.45) is 0 Å². The summed E-state index contributed by atoms with van der Waals surface area (Å²) in [4.78, 5) is 13.9. The molecule has 18 heavy (non-hydrogen) atoms. The lowest BCUT2D eigenvalue weighted by molar-refractivity contribution is 0.165. The summed E-state index contributed by atoms with van der Waals surface area (Å²) in [6.45, 7) is 5.32. The summed E-state index contributed by atoms with van der Waals surface area (Å²) in [7, 11) is 0. The Bertz CT molecular complexity index is 380. The van der Waals surface area contributed by atoms with E-state index in [0.29, 0.717) is 6.54 Å². The molecule has 4 heteroatoms. The molecule has 0 aromatic heterocycles. The number of piperazine rings is 1. The molecule has 4 nitrogen and oxygen atoms in total. The maximum Gasteiger partial charge on any atom is 0.317 e. The monoisotopic (exact) mass is 247 g/mol. The number of benzene rings is 1. The van der Waals surface area contributed by atoms with Gasteiger partial charge in [-0.25, -0.2) is 4.79 Å². The van der Waals surface area contributed by atoms with Gasteiger partial charge in [-0.1, -0.05) is 30.3 Å². The molecule has 0 spiro atoms. The average molecular weight is 247 g/mol. The number of hydrogen-bond donors (Lipinski definition) is 2. The Morgan fingerprint density at radius 2 is 2.22 bits per heavy atom. The Balaban J connectivity index is 1.74. The van der Waals surface area contributed by atoms with Crippen molar-refractivity contribution in [3.63, 3.8) is 0 Å². The predicted molar refractivity (Wildman–Crippen MR) is 72.6 cm³/mol. The van der Waals surface area contributed by atoms with E-state index in [-0.39, 0.29) is 12.1 Å². The second-order valence-corrected chi connectivity index (χ2v) is 4.71. The molecule has 1 aromatic carbocycles. The van der Waals surface area contributed by atoms with E-state index in [2.05, 4.69) is 29.7 Å². The van der Waals surface area contributed by atoms with E-state index in [1.807, 2.05) is 23.1 Å². The molecule has 1 fully saturated rings.